The summed E-state index contributed by atoms with van der Waals surface area (Å²) in [6, 6.07) is -0.887. The standard InChI is InChI=1S/C20H28F4N6O4/c1-19(2,3)34-18(33)25-12(10-29-6-4-5-13(21)16(29)32)9-15(31)28-7-8-30-14(11-28)26-27-17(30)20(22,23)24/h12-13H,4-11H2,1-3H3,(H,25,33). The maximum absolute atomic E-state index is 13.9. The molecule has 1 fully saturated rings. The highest BCUT2D eigenvalue weighted by molar-refractivity contribution is 5.82. The van der Waals surface area contributed by atoms with Crippen molar-refractivity contribution in [2.75, 3.05) is 19.6 Å². The predicted molar refractivity (Wildman–Crippen MR) is 109 cm³/mol. The van der Waals surface area contributed by atoms with Crippen LogP contribution in [0.5, 0.6) is 0 Å². The van der Waals surface area contributed by atoms with E-state index in [-0.39, 0.29) is 51.4 Å². The number of fused-ring (bicyclic) bond motifs is 1. The third-order valence-electron chi connectivity index (χ3n) is 5.41. The molecule has 3 rings (SSSR count). The molecular formula is C20H28F4N6O4. The zero-order valence-electron chi connectivity index (χ0n) is 19.2. The van der Waals surface area contributed by atoms with Crippen LogP contribution in [0.1, 0.15) is 51.7 Å². The second kappa shape index (κ2) is 9.74. The summed E-state index contributed by atoms with van der Waals surface area (Å²) in [5, 5.41) is 9.30. The number of nitrogens with zero attached hydrogens (tertiary/aromatic N) is 5. The molecule has 0 bridgehead atoms. The van der Waals surface area contributed by atoms with E-state index in [1.54, 1.807) is 20.8 Å². The fourth-order valence-electron chi connectivity index (χ4n) is 3.90. The van der Waals surface area contributed by atoms with Gasteiger partial charge in [0.1, 0.15) is 5.60 Å². The van der Waals surface area contributed by atoms with Crippen LogP contribution in [0.25, 0.3) is 0 Å². The van der Waals surface area contributed by atoms with Crippen LogP contribution in [0.4, 0.5) is 22.4 Å². The molecule has 190 valence electrons. The first-order valence-corrected chi connectivity index (χ1v) is 10.9. The van der Waals surface area contributed by atoms with Crippen LogP contribution in [0.2, 0.25) is 0 Å². The zero-order valence-corrected chi connectivity index (χ0v) is 19.2. The molecule has 2 aliphatic rings. The fourth-order valence-corrected chi connectivity index (χ4v) is 3.90. The Hall–Kier alpha value is -2.93. The number of alkyl carbamates (subject to hydrolysis) is 1. The van der Waals surface area contributed by atoms with Crippen molar-refractivity contribution in [2.24, 2.45) is 0 Å². The van der Waals surface area contributed by atoms with Crippen LogP contribution in [0.15, 0.2) is 0 Å². The molecule has 2 aliphatic heterocycles. The van der Waals surface area contributed by atoms with Gasteiger partial charge in [0, 0.05) is 32.6 Å². The first-order valence-electron chi connectivity index (χ1n) is 10.9. The summed E-state index contributed by atoms with van der Waals surface area (Å²) in [7, 11) is 0. The van der Waals surface area contributed by atoms with Crippen LogP contribution in [0, 0.1) is 0 Å². The highest BCUT2D eigenvalue weighted by Gasteiger charge is 2.40. The van der Waals surface area contributed by atoms with Gasteiger partial charge in [0.05, 0.1) is 12.6 Å². The van der Waals surface area contributed by atoms with Crippen molar-refractivity contribution in [3.8, 4) is 0 Å². The molecule has 1 aromatic heterocycles. The van der Waals surface area contributed by atoms with Crippen molar-refractivity contribution < 1.29 is 36.7 Å². The molecule has 1 saturated heterocycles. The Morgan fingerprint density at radius 1 is 1.18 bits per heavy atom. The predicted octanol–water partition coefficient (Wildman–Crippen LogP) is 1.88. The SMILES string of the molecule is CC(C)(C)OC(=O)NC(CC(=O)N1CCn2c(nnc2C(F)(F)F)C1)CN1CCCC(F)C1=O. The van der Waals surface area contributed by atoms with Gasteiger partial charge >= 0.3 is 12.3 Å². The maximum Gasteiger partial charge on any atom is 0.451 e. The normalized spacial score (nSPS) is 20.1. The fraction of sp³-hybridized carbons (Fsp3) is 0.750. The molecule has 3 heterocycles. The molecule has 2 atom stereocenters. The van der Waals surface area contributed by atoms with E-state index in [2.05, 4.69) is 15.5 Å². The average molecular weight is 492 g/mol. The molecule has 0 spiro atoms. The number of rotatable bonds is 5. The number of ether oxygens (including phenoxy) is 1. The Morgan fingerprint density at radius 3 is 2.53 bits per heavy atom. The minimum atomic E-state index is -4.66. The molecule has 2 unspecified atom stereocenters. The number of alkyl halides is 4. The van der Waals surface area contributed by atoms with Crippen LogP contribution in [-0.2, 0) is 33.6 Å². The van der Waals surface area contributed by atoms with Crippen molar-refractivity contribution >= 4 is 17.9 Å². The Bertz CT molecular complexity index is 929. The molecule has 1 aromatic rings. The molecule has 14 heteroatoms. The third-order valence-corrected chi connectivity index (χ3v) is 5.41. The van der Waals surface area contributed by atoms with Gasteiger partial charge in [0.2, 0.25) is 11.7 Å². The summed E-state index contributed by atoms with van der Waals surface area (Å²) < 4.78 is 59.2. The summed E-state index contributed by atoms with van der Waals surface area (Å²) in [6.45, 7) is 4.83. The lowest BCUT2D eigenvalue weighted by atomic mass is 10.1. The zero-order chi connectivity index (χ0) is 25.3. The first-order chi connectivity index (χ1) is 15.7. The lowest BCUT2D eigenvalue weighted by molar-refractivity contribution is -0.148. The molecular weight excluding hydrogens is 464 g/mol. The maximum atomic E-state index is 13.9. The summed E-state index contributed by atoms with van der Waals surface area (Å²) in [4.78, 5) is 40.0. The van der Waals surface area contributed by atoms with E-state index in [0.29, 0.717) is 6.42 Å². The number of carbonyl (C=O) groups is 3. The molecule has 1 N–H and O–H groups in total. The van der Waals surface area contributed by atoms with Gasteiger partial charge in [0.25, 0.3) is 5.91 Å². The van der Waals surface area contributed by atoms with Crippen molar-refractivity contribution in [3.05, 3.63) is 11.6 Å². The largest absolute Gasteiger partial charge is 0.451 e. The average Bonchev–Trinajstić information content (AvgIpc) is 3.13. The van der Waals surface area contributed by atoms with E-state index in [1.807, 2.05) is 0 Å². The Balaban J connectivity index is 1.69. The summed E-state index contributed by atoms with van der Waals surface area (Å²) in [5.41, 5.74) is -0.809. The van der Waals surface area contributed by atoms with Gasteiger partial charge in [-0.3, -0.25) is 9.59 Å². The quantitative estimate of drug-likeness (QED) is 0.629. The second-order valence-electron chi connectivity index (χ2n) is 9.35. The van der Waals surface area contributed by atoms with Crippen molar-refractivity contribution in [1.82, 2.24) is 29.9 Å². The molecule has 0 saturated carbocycles. The van der Waals surface area contributed by atoms with E-state index in [0.717, 1.165) is 4.57 Å². The number of carbonyl (C=O) groups excluding carboxylic acids is 3. The van der Waals surface area contributed by atoms with Crippen molar-refractivity contribution in [3.63, 3.8) is 0 Å². The number of aromatic nitrogens is 3. The van der Waals surface area contributed by atoms with Gasteiger partial charge < -0.3 is 24.4 Å². The van der Waals surface area contributed by atoms with E-state index < -0.39 is 47.7 Å². The lowest BCUT2D eigenvalue weighted by Crippen LogP contribution is -2.52. The van der Waals surface area contributed by atoms with Gasteiger partial charge in [-0.1, -0.05) is 0 Å². The minimum absolute atomic E-state index is 0.00458. The van der Waals surface area contributed by atoms with Crippen LogP contribution in [0.3, 0.4) is 0 Å². The lowest BCUT2D eigenvalue weighted by Gasteiger charge is -2.34. The van der Waals surface area contributed by atoms with Crippen LogP contribution < -0.4 is 5.32 Å². The molecule has 3 amide bonds. The Labute approximate surface area is 193 Å². The number of amides is 3. The molecule has 34 heavy (non-hydrogen) atoms. The van der Waals surface area contributed by atoms with E-state index in [9.17, 15) is 31.9 Å². The molecule has 0 aliphatic carbocycles. The monoisotopic (exact) mass is 492 g/mol. The van der Waals surface area contributed by atoms with E-state index >= 15 is 0 Å². The number of halogens is 4. The summed E-state index contributed by atoms with van der Waals surface area (Å²) >= 11 is 0. The van der Waals surface area contributed by atoms with E-state index in [1.165, 1.54) is 9.80 Å². The topological polar surface area (TPSA) is 110 Å². The second-order valence-corrected chi connectivity index (χ2v) is 9.35. The molecule has 0 radical (unpaired) electrons. The highest BCUT2D eigenvalue weighted by Crippen LogP contribution is 2.29. The highest BCUT2D eigenvalue weighted by atomic mass is 19.4. The number of nitrogens with one attached hydrogen (secondary N) is 1. The van der Waals surface area contributed by atoms with Crippen LogP contribution >= 0.6 is 0 Å². The van der Waals surface area contributed by atoms with Crippen molar-refractivity contribution in [1.29, 1.82) is 0 Å². The van der Waals surface area contributed by atoms with Gasteiger partial charge in [0.15, 0.2) is 12.0 Å². The van der Waals surface area contributed by atoms with Gasteiger partial charge in [-0.05, 0) is 33.6 Å². The summed E-state index contributed by atoms with van der Waals surface area (Å²) in [6.07, 6.45) is -6.80. The number of piperidine rings is 1. The minimum Gasteiger partial charge on any atom is -0.444 e. The smallest absolute Gasteiger partial charge is 0.444 e. The number of likely N-dealkylation sites (tertiary alicyclic amines) is 1. The first kappa shape index (κ1) is 25.7. The molecule has 0 aromatic carbocycles. The Morgan fingerprint density at radius 2 is 1.88 bits per heavy atom. The third kappa shape index (κ3) is 6.35. The number of hydrogen-bond donors (Lipinski definition) is 1. The van der Waals surface area contributed by atoms with Gasteiger partial charge in [-0.2, -0.15) is 13.2 Å². The van der Waals surface area contributed by atoms with Gasteiger partial charge in [-0.25, -0.2) is 9.18 Å². The molecule has 10 nitrogen and oxygen atoms in total. The summed E-state index contributed by atoms with van der Waals surface area (Å²) in [5.74, 6) is -2.30. The van der Waals surface area contributed by atoms with Crippen LogP contribution in [-0.4, -0.2) is 79.9 Å². The van der Waals surface area contributed by atoms with Crippen molar-refractivity contribution in [2.45, 2.75) is 77.1 Å². The van der Waals surface area contributed by atoms with E-state index in [4.69, 9.17) is 4.74 Å². The number of hydrogen-bond acceptors (Lipinski definition) is 6. The Kier molecular flexibility index (Phi) is 7.36. The van der Waals surface area contributed by atoms with Gasteiger partial charge in [-0.15, -0.1) is 10.2 Å².